The third-order valence-corrected chi connectivity index (χ3v) is 4.32. The smallest absolute Gasteiger partial charge is 0.240 e. The number of carbonyl (C=O) groups is 2. The van der Waals surface area contributed by atoms with E-state index in [9.17, 15) is 13.8 Å². The van der Waals surface area contributed by atoms with Gasteiger partial charge in [-0.3, -0.25) is 13.8 Å². The van der Waals surface area contributed by atoms with Crippen molar-refractivity contribution < 1.29 is 18.9 Å². The summed E-state index contributed by atoms with van der Waals surface area (Å²) in [7, 11) is -1.40. The van der Waals surface area contributed by atoms with Gasteiger partial charge in [0.15, 0.2) is 5.78 Å². The van der Waals surface area contributed by atoms with Crippen molar-refractivity contribution in [2.45, 2.75) is 18.2 Å². The molecule has 0 spiro atoms. The van der Waals surface area contributed by atoms with E-state index in [1.165, 1.54) is 11.8 Å². The van der Waals surface area contributed by atoms with Crippen LogP contribution >= 0.6 is 0 Å². The quantitative estimate of drug-likeness (QED) is 0.825. The molecule has 2 rings (SSSR count). The topological polar surface area (TPSA) is 74.7 Å². The first-order chi connectivity index (χ1) is 9.04. The van der Waals surface area contributed by atoms with E-state index < -0.39 is 10.8 Å². The summed E-state index contributed by atoms with van der Waals surface area (Å²) in [5, 5.41) is 8.86. The lowest BCUT2D eigenvalue weighted by Crippen LogP contribution is -2.40. The maximum absolute atomic E-state index is 12.0. The standard InChI is InChI=1S/C13H15NO4S/c1-9(16)10-3-4-11-12(7-10)19(18)8-13(17)14(11)5-2-6-15/h3-4,7,15H,2,5-6,8H2,1H3. The highest BCUT2D eigenvalue weighted by Gasteiger charge is 2.29. The second kappa shape index (κ2) is 5.63. The van der Waals surface area contributed by atoms with Gasteiger partial charge in [0.2, 0.25) is 5.91 Å². The highest BCUT2D eigenvalue weighted by atomic mass is 32.2. The van der Waals surface area contributed by atoms with E-state index in [1.54, 1.807) is 18.2 Å². The molecule has 5 nitrogen and oxygen atoms in total. The Bertz CT molecular complexity index is 556. The van der Waals surface area contributed by atoms with Gasteiger partial charge in [0.25, 0.3) is 0 Å². The van der Waals surface area contributed by atoms with Gasteiger partial charge in [0, 0.05) is 18.7 Å². The molecule has 0 aromatic heterocycles. The Kier molecular flexibility index (Phi) is 4.11. The number of hydrogen-bond donors (Lipinski definition) is 1. The van der Waals surface area contributed by atoms with Crippen LogP contribution in [0, 0.1) is 0 Å². The first-order valence-electron chi connectivity index (χ1n) is 5.99. The fraction of sp³-hybridized carbons (Fsp3) is 0.385. The van der Waals surface area contributed by atoms with Crippen molar-refractivity contribution in [3.63, 3.8) is 0 Å². The Morgan fingerprint density at radius 1 is 1.47 bits per heavy atom. The number of benzene rings is 1. The van der Waals surface area contributed by atoms with Crippen LogP contribution in [0.4, 0.5) is 5.69 Å². The van der Waals surface area contributed by atoms with E-state index in [0.717, 1.165) is 0 Å². The van der Waals surface area contributed by atoms with Gasteiger partial charge >= 0.3 is 0 Å². The summed E-state index contributed by atoms with van der Waals surface area (Å²) in [6.07, 6.45) is 0.465. The Balaban J connectivity index is 2.43. The Labute approximate surface area is 113 Å². The first-order valence-corrected chi connectivity index (χ1v) is 7.31. The van der Waals surface area contributed by atoms with Crippen LogP contribution in [-0.2, 0) is 15.6 Å². The summed E-state index contributed by atoms with van der Waals surface area (Å²) < 4.78 is 12.0. The SMILES string of the molecule is CC(=O)c1ccc2c(c1)S(=O)CC(=O)N2CCCO. The molecule has 0 radical (unpaired) electrons. The molecule has 0 saturated carbocycles. The van der Waals surface area contributed by atoms with Crippen LogP contribution in [0.5, 0.6) is 0 Å². The maximum atomic E-state index is 12.0. The largest absolute Gasteiger partial charge is 0.396 e. The minimum absolute atomic E-state index is 0.00622. The molecule has 1 aromatic carbocycles. The number of Topliss-reactive ketones (excluding diaryl/α,β-unsaturated/α-hetero) is 1. The lowest BCUT2D eigenvalue weighted by Gasteiger charge is -2.29. The molecule has 1 aromatic rings. The van der Waals surface area contributed by atoms with Crippen molar-refractivity contribution in [2.75, 3.05) is 23.8 Å². The van der Waals surface area contributed by atoms with E-state index in [-0.39, 0.29) is 24.1 Å². The fourth-order valence-corrected chi connectivity index (χ4v) is 3.22. The van der Waals surface area contributed by atoms with Crippen molar-refractivity contribution >= 4 is 28.2 Å². The van der Waals surface area contributed by atoms with Gasteiger partial charge in [-0.25, -0.2) is 0 Å². The highest BCUT2D eigenvalue weighted by molar-refractivity contribution is 7.86. The third-order valence-electron chi connectivity index (χ3n) is 3.00. The van der Waals surface area contributed by atoms with Crippen LogP contribution < -0.4 is 4.90 Å². The minimum atomic E-state index is -1.40. The number of amides is 1. The van der Waals surface area contributed by atoms with Gasteiger partial charge in [-0.05, 0) is 31.5 Å². The van der Waals surface area contributed by atoms with Gasteiger partial charge in [-0.1, -0.05) is 0 Å². The predicted molar refractivity (Wildman–Crippen MR) is 71.8 cm³/mol. The minimum Gasteiger partial charge on any atom is -0.396 e. The van der Waals surface area contributed by atoms with Crippen molar-refractivity contribution in [1.82, 2.24) is 0 Å². The summed E-state index contributed by atoms with van der Waals surface area (Å²) in [6.45, 7) is 1.83. The zero-order valence-electron chi connectivity index (χ0n) is 10.6. The van der Waals surface area contributed by atoms with Gasteiger partial charge < -0.3 is 10.0 Å². The molecule has 0 bridgehead atoms. The van der Waals surface area contributed by atoms with Crippen LogP contribution in [0.2, 0.25) is 0 Å². The van der Waals surface area contributed by atoms with Crippen molar-refractivity contribution in [3.05, 3.63) is 23.8 Å². The molecular formula is C13H15NO4S. The van der Waals surface area contributed by atoms with Crippen molar-refractivity contribution in [2.24, 2.45) is 0 Å². The van der Waals surface area contributed by atoms with Crippen molar-refractivity contribution in [3.8, 4) is 0 Å². The summed E-state index contributed by atoms with van der Waals surface area (Å²) in [4.78, 5) is 25.3. The molecule has 0 fully saturated rings. The Hall–Kier alpha value is -1.53. The molecule has 1 aliphatic rings. The molecule has 19 heavy (non-hydrogen) atoms. The molecule has 102 valence electrons. The summed E-state index contributed by atoms with van der Waals surface area (Å²) in [5.74, 6) is -0.381. The number of fused-ring (bicyclic) bond motifs is 1. The molecule has 1 amide bonds. The lowest BCUT2D eigenvalue weighted by molar-refractivity contribution is -0.116. The average molecular weight is 281 g/mol. The molecule has 1 heterocycles. The van der Waals surface area contributed by atoms with Gasteiger partial charge in [-0.15, -0.1) is 0 Å². The average Bonchev–Trinajstić information content (AvgIpc) is 2.38. The molecule has 1 atom stereocenters. The molecule has 0 saturated heterocycles. The van der Waals surface area contributed by atoms with Crippen LogP contribution in [0.3, 0.4) is 0 Å². The number of rotatable bonds is 4. The highest BCUT2D eigenvalue weighted by Crippen LogP contribution is 2.30. The number of anilines is 1. The predicted octanol–water partition coefficient (Wildman–Crippen LogP) is 0.726. The Morgan fingerprint density at radius 2 is 2.21 bits per heavy atom. The zero-order valence-corrected chi connectivity index (χ0v) is 11.4. The first kappa shape index (κ1) is 13.9. The number of aliphatic hydroxyl groups is 1. The molecule has 1 aliphatic heterocycles. The summed E-state index contributed by atoms with van der Waals surface area (Å²) >= 11 is 0. The second-order valence-corrected chi connectivity index (χ2v) is 5.77. The summed E-state index contributed by atoms with van der Waals surface area (Å²) in [6, 6.07) is 4.87. The molecule has 1 N–H and O–H groups in total. The lowest BCUT2D eigenvalue weighted by atomic mass is 10.1. The second-order valence-electron chi connectivity index (χ2n) is 4.35. The monoisotopic (exact) mass is 281 g/mol. The normalized spacial score (nSPS) is 18.3. The van der Waals surface area contributed by atoms with E-state index in [4.69, 9.17) is 5.11 Å². The summed E-state index contributed by atoms with van der Waals surface area (Å²) in [5.41, 5.74) is 1.07. The van der Waals surface area contributed by atoms with Gasteiger partial charge in [-0.2, -0.15) is 0 Å². The number of ketones is 1. The van der Waals surface area contributed by atoms with Gasteiger partial charge in [0.1, 0.15) is 5.75 Å². The maximum Gasteiger partial charge on any atom is 0.240 e. The zero-order chi connectivity index (χ0) is 14.0. The van der Waals surface area contributed by atoms with Crippen LogP contribution in [0.25, 0.3) is 0 Å². The van der Waals surface area contributed by atoms with E-state index in [0.29, 0.717) is 29.1 Å². The number of carbonyl (C=O) groups excluding carboxylic acids is 2. The van der Waals surface area contributed by atoms with Gasteiger partial charge in [0.05, 0.1) is 21.4 Å². The molecule has 6 heteroatoms. The molecule has 0 aliphatic carbocycles. The molecular weight excluding hydrogens is 266 g/mol. The number of aliphatic hydroxyl groups excluding tert-OH is 1. The van der Waals surface area contributed by atoms with Crippen LogP contribution in [-0.4, -0.2) is 39.9 Å². The number of nitrogens with zero attached hydrogens (tertiary/aromatic N) is 1. The Morgan fingerprint density at radius 3 is 2.84 bits per heavy atom. The number of hydrogen-bond acceptors (Lipinski definition) is 4. The van der Waals surface area contributed by atoms with E-state index >= 15 is 0 Å². The van der Waals surface area contributed by atoms with Crippen molar-refractivity contribution in [1.29, 1.82) is 0 Å². The fourth-order valence-electron chi connectivity index (χ4n) is 2.01. The third kappa shape index (κ3) is 2.74. The van der Waals surface area contributed by atoms with E-state index in [1.807, 2.05) is 0 Å². The van der Waals surface area contributed by atoms with Crippen LogP contribution in [0.1, 0.15) is 23.7 Å². The van der Waals surface area contributed by atoms with Crippen LogP contribution in [0.15, 0.2) is 23.1 Å². The van der Waals surface area contributed by atoms with E-state index in [2.05, 4.69) is 0 Å². The molecule has 1 unspecified atom stereocenters.